The standard InChI is InChI=1S/C13H13N5/c1-8-5-9(7-15-6-8)12-16-10-3-4-11(14-2)17-13(10)18-12/h3-7H,1-2H3,(H2,14,16,17,18). The second kappa shape index (κ2) is 4.10. The Morgan fingerprint density at radius 1 is 1.17 bits per heavy atom. The number of pyridine rings is 2. The van der Waals surface area contributed by atoms with E-state index in [0.29, 0.717) is 5.65 Å². The van der Waals surface area contributed by atoms with Gasteiger partial charge in [-0.1, -0.05) is 0 Å². The predicted molar refractivity (Wildman–Crippen MR) is 71.4 cm³/mol. The van der Waals surface area contributed by atoms with Crippen molar-refractivity contribution in [3.63, 3.8) is 0 Å². The van der Waals surface area contributed by atoms with Crippen LogP contribution in [0.15, 0.2) is 30.6 Å². The molecule has 3 rings (SSSR count). The van der Waals surface area contributed by atoms with Crippen LogP contribution in [0, 0.1) is 6.92 Å². The number of aromatic amines is 1. The molecule has 18 heavy (non-hydrogen) atoms. The summed E-state index contributed by atoms with van der Waals surface area (Å²) in [6.45, 7) is 2.01. The van der Waals surface area contributed by atoms with E-state index in [2.05, 4.69) is 25.3 Å². The highest BCUT2D eigenvalue weighted by Gasteiger charge is 2.07. The number of rotatable bonds is 2. The number of aromatic nitrogens is 4. The number of imidazole rings is 1. The summed E-state index contributed by atoms with van der Waals surface area (Å²) in [5.41, 5.74) is 3.71. The van der Waals surface area contributed by atoms with Gasteiger partial charge in [0.15, 0.2) is 5.65 Å². The molecule has 5 nitrogen and oxygen atoms in total. The molecule has 3 aromatic heterocycles. The maximum atomic E-state index is 4.49. The second-order valence-corrected chi connectivity index (χ2v) is 4.15. The number of H-pyrrole nitrogens is 1. The monoisotopic (exact) mass is 239 g/mol. The molecular formula is C13H13N5. The Bertz CT molecular complexity index is 701. The van der Waals surface area contributed by atoms with E-state index in [0.717, 1.165) is 28.3 Å². The molecule has 0 aliphatic carbocycles. The van der Waals surface area contributed by atoms with E-state index in [1.807, 2.05) is 38.4 Å². The number of aryl methyl sites for hydroxylation is 1. The molecule has 90 valence electrons. The minimum Gasteiger partial charge on any atom is -0.373 e. The van der Waals surface area contributed by atoms with Crippen molar-refractivity contribution < 1.29 is 0 Å². The number of nitrogens with zero attached hydrogens (tertiary/aromatic N) is 3. The van der Waals surface area contributed by atoms with Gasteiger partial charge < -0.3 is 10.3 Å². The first-order valence-corrected chi connectivity index (χ1v) is 5.73. The lowest BCUT2D eigenvalue weighted by atomic mass is 10.2. The molecule has 0 spiro atoms. The van der Waals surface area contributed by atoms with Crippen LogP contribution < -0.4 is 5.32 Å². The first-order valence-electron chi connectivity index (χ1n) is 5.73. The molecular weight excluding hydrogens is 226 g/mol. The Morgan fingerprint density at radius 3 is 2.83 bits per heavy atom. The maximum absolute atomic E-state index is 4.49. The van der Waals surface area contributed by atoms with E-state index < -0.39 is 0 Å². The van der Waals surface area contributed by atoms with Crippen molar-refractivity contribution in [1.82, 2.24) is 19.9 Å². The molecule has 0 amide bonds. The molecule has 5 heteroatoms. The number of nitrogens with one attached hydrogen (secondary N) is 2. The summed E-state index contributed by atoms with van der Waals surface area (Å²) >= 11 is 0. The van der Waals surface area contributed by atoms with Crippen molar-refractivity contribution in [3.8, 4) is 11.4 Å². The molecule has 0 saturated carbocycles. The third-order valence-electron chi connectivity index (χ3n) is 2.75. The zero-order valence-electron chi connectivity index (χ0n) is 10.2. The summed E-state index contributed by atoms with van der Waals surface area (Å²) in [5.74, 6) is 1.60. The fourth-order valence-electron chi connectivity index (χ4n) is 1.85. The molecule has 0 bridgehead atoms. The summed E-state index contributed by atoms with van der Waals surface area (Å²) in [6, 6.07) is 5.93. The van der Waals surface area contributed by atoms with E-state index in [-0.39, 0.29) is 0 Å². The molecule has 0 radical (unpaired) electrons. The molecule has 0 fully saturated rings. The Kier molecular flexibility index (Phi) is 2.44. The summed E-state index contributed by atoms with van der Waals surface area (Å²) in [6.07, 6.45) is 3.62. The second-order valence-electron chi connectivity index (χ2n) is 4.15. The van der Waals surface area contributed by atoms with Gasteiger partial charge in [-0.3, -0.25) is 4.98 Å². The first kappa shape index (κ1) is 10.7. The van der Waals surface area contributed by atoms with Gasteiger partial charge in [0, 0.05) is 25.0 Å². The van der Waals surface area contributed by atoms with Crippen molar-refractivity contribution in [2.24, 2.45) is 0 Å². The first-order chi connectivity index (χ1) is 8.76. The van der Waals surface area contributed by atoms with Crippen LogP contribution in [-0.4, -0.2) is 27.0 Å². The van der Waals surface area contributed by atoms with Crippen molar-refractivity contribution in [3.05, 3.63) is 36.2 Å². The van der Waals surface area contributed by atoms with Gasteiger partial charge in [-0.25, -0.2) is 9.97 Å². The van der Waals surface area contributed by atoms with E-state index in [1.165, 1.54) is 0 Å². The van der Waals surface area contributed by atoms with E-state index in [4.69, 9.17) is 0 Å². The Morgan fingerprint density at radius 2 is 2.06 bits per heavy atom. The third kappa shape index (κ3) is 1.79. The predicted octanol–water partition coefficient (Wildman–Crippen LogP) is 2.37. The SMILES string of the molecule is CNc1ccc2[nH]c(-c3cncc(C)c3)nc2n1. The number of anilines is 1. The quantitative estimate of drug-likeness (QED) is 0.720. The summed E-state index contributed by atoms with van der Waals surface area (Å²) in [7, 11) is 1.84. The fraction of sp³-hybridized carbons (Fsp3) is 0.154. The van der Waals surface area contributed by atoms with Gasteiger partial charge >= 0.3 is 0 Å². The number of hydrogen-bond acceptors (Lipinski definition) is 4. The van der Waals surface area contributed by atoms with Crippen molar-refractivity contribution in [1.29, 1.82) is 0 Å². The van der Waals surface area contributed by atoms with Crippen molar-refractivity contribution in [2.45, 2.75) is 6.92 Å². The highest BCUT2D eigenvalue weighted by molar-refractivity contribution is 5.77. The summed E-state index contributed by atoms with van der Waals surface area (Å²) < 4.78 is 0. The average Bonchev–Trinajstić information content (AvgIpc) is 2.81. The van der Waals surface area contributed by atoms with E-state index in [1.54, 1.807) is 6.20 Å². The van der Waals surface area contributed by atoms with Crippen LogP contribution in [0.2, 0.25) is 0 Å². The highest BCUT2D eigenvalue weighted by Crippen LogP contribution is 2.20. The smallest absolute Gasteiger partial charge is 0.180 e. The molecule has 0 saturated heterocycles. The Balaban J connectivity index is 2.13. The number of fused-ring (bicyclic) bond motifs is 1. The van der Waals surface area contributed by atoms with Crippen LogP contribution >= 0.6 is 0 Å². The van der Waals surface area contributed by atoms with Gasteiger partial charge in [0.25, 0.3) is 0 Å². The largest absolute Gasteiger partial charge is 0.373 e. The lowest BCUT2D eigenvalue weighted by Crippen LogP contribution is -1.91. The molecule has 2 N–H and O–H groups in total. The summed E-state index contributed by atoms with van der Waals surface area (Å²) in [4.78, 5) is 16.3. The molecule has 0 unspecified atom stereocenters. The zero-order chi connectivity index (χ0) is 12.5. The van der Waals surface area contributed by atoms with Crippen LogP contribution in [0.25, 0.3) is 22.6 Å². The third-order valence-corrected chi connectivity index (χ3v) is 2.75. The van der Waals surface area contributed by atoms with Crippen molar-refractivity contribution >= 4 is 17.0 Å². The molecule has 0 aromatic carbocycles. The van der Waals surface area contributed by atoms with E-state index in [9.17, 15) is 0 Å². The van der Waals surface area contributed by atoms with Crippen LogP contribution in [0.4, 0.5) is 5.82 Å². The van der Waals surface area contributed by atoms with Crippen LogP contribution in [-0.2, 0) is 0 Å². The van der Waals surface area contributed by atoms with Gasteiger partial charge in [-0.15, -0.1) is 0 Å². The van der Waals surface area contributed by atoms with Crippen LogP contribution in [0.5, 0.6) is 0 Å². The molecule has 0 atom stereocenters. The molecule has 0 aliphatic heterocycles. The van der Waals surface area contributed by atoms with Gasteiger partial charge in [-0.05, 0) is 30.7 Å². The lowest BCUT2D eigenvalue weighted by molar-refractivity contribution is 1.23. The lowest BCUT2D eigenvalue weighted by Gasteiger charge is -1.96. The van der Waals surface area contributed by atoms with Crippen molar-refractivity contribution in [2.75, 3.05) is 12.4 Å². The van der Waals surface area contributed by atoms with Gasteiger partial charge in [0.2, 0.25) is 0 Å². The minimum absolute atomic E-state index is 0.707. The normalized spacial score (nSPS) is 10.8. The molecule has 0 aliphatic rings. The highest BCUT2D eigenvalue weighted by atomic mass is 15.0. The fourth-order valence-corrected chi connectivity index (χ4v) is 1.85. The summed E-state index contributed by atoms with van der Waals surface area (Å²) in [5, 5.41) is 3.00. The minimum atomic E-state index is 0.707. The molecule has 3 heterocycles. The van der Waals surface area contributed by atoms with Gasteiger partial charge in [0.05, 0.1) is 5.52 Å². The van der Waals surface area contributed by atoms with Gasteiger partial charge in [-0.2, -0.15) is 0 Å². The zero-order valence-corrected chi connectivity index (χ0v) is 10.2. The number of hydrogen-bond donors (Lipinski definition) is 2. The van der Waals surface area contributed by atoms with Gasteiger partial charge in [0.1, 0.15) is 11.6 Å². The van der Waals surface area contributed by atoms with E-state index >= 15 is 0 Å². The maximum Gasteiger partial charge on any atom is 0.180 e. The molecule has 3 aromatic rings. The average molecular weight is 239 g/mol. The Hall–Kier alpha value is -2.43. The van der Waals surface area contributed by atoms with Crippen LogP contribution in [0.3, 0.4) is 0 Å². The van der Waals surface area contributed by atoms with Crippen LogP contribution in [0.1, 0.15) is 5.56 Å². The Labute approximate surface area is 104 Å². The topological polar surface area (TPSA) is 66.5 Å².